The molecule has 7 rings (SSSR count). The molecule has 3 aliphatic rings. The number of rotatable bonds is 1. The van der Waals surface area contributed by atoms with E-state index in [-0.39, 0.29) is 17.2 Å². The molecule has 176 valence electrons. The van der Waals surface area contributed by atoms with E-state index < -0.39 is 6.10 Å². The minimum Gasteiger partial charge on any atom is -0.482 e. The molecule has 4 heterocycles. The van der Waals surface area contributed by atoms with Gasteiger partial charge in [0.2, 0.25) is 0 Å². The van der Waals surface area contributed by atoms with Gasteiger partial charge in [-0.25, -0.2) is 9.37 Å². The molecule has 0 amide bonds. The summed E-state index contributed by atoms with van der Waals surface area (Å²) in [5.41, 5.74) is 14.1. The Labute approximate surface area is 202 Å². The molecule has 2 bridgehead atoms. The zero-order chi connectivity index (χ0) is 23.9. The molecule has 2 atom stereocenters. The summed E-state index contributed by atoms with van der Waals surface area (Å²) in [4.78, 5) is 4.48. The maximum atomic E-state index is 14.5. The van der Waals surface area contributed by atoms with Gasteiger partial charge >= 0.3 is 0 Å². The van der Waals surface area contributed by atoms with Crippen LogP contribution in [0.1, 0.15) is 67.5 Å². The zero-order valence-electron chi connectivity index (χ0n) is 19.6. The van der Waals surface area contributed by atoms with E-state index in [9.17, 15) is 4.39 Å². The van der Waals surface area contributed by atoms with Crippen molar-refractivity contribution in [2.24, 2.45) is 0 Å². The third kappa shape index (κ3) is 2.89. The van der Waals surface area contributed by atoms with E-state index in [2.05, 4.69) is 32.9 Å². The number of benzene rings is 1. The number of halogens is 1. The predicted molar refractivity (Wildman–Crippen MR) is 129 cm³/mol. The molecule has 4 aromatic rings. The van der Waals surface area contributed by atoms with Gasteiger partial charge < -0.3 is 10.5 Å². The molecular weight excluding hydrogens is 443 g/mol. The van der Waals surface area contributed by atoms with Crippen molar-refractivity contribution in [1.82, 2.24) is 25.0 Å². The molecule has 2 N–H and O–H groups in total. The van der Waals surface area contributed by atoms with Crippen LogP contribution >= 0.6 is 0 Å². The van der Waals surface area contributed by atoms with Gasteiger partial charge in [0.25, 0.3) is 0 Å². The minimum atomic E-state index is -0.487. The fourth-order valence-corrected chi connectivity index (χ4v) is 6.03. The first kappa shape index (κ1) is 20.6. The molecule has 1 saturated carbocycles. The van der Waals surface area contributed by atoms with Gasteiger partial charge in [-0.2, -0.15) is 15.3 Å². The number of fused-ring (bicyclic) bond motifs is 8. The van der Waals surface area contributed by atoms with Crippen LogP contribution in [0, 0.1) is 5.82 Å². The fourth-order valence-electron chi connectivity index (χ4n) is 6.03. The van der Waals surface area contributed by atoms with Gasteiger partial charge in [0.1, 0.15) is 11.9 Å². The second-order valence-electron chi connectivity index (χ2n) is 9.90. The summed E-state index contributed by atoms with van der Waals surface area (Å²) in [6, 6.07) is 8.77. The Kier molecular flexibility index (Phi) is 4.17. The predicted octanol–water partition coefficient (Wildman–Crippen LogP) is 5.16. The molecule has 0 saturated heterocycles. The maximum Gasteiger partial charge on any atom is 0.166 e. The van der Waals surface area contributed by atoms with Gasteiger partial charge in [0.15, 0.2) is 11.6 Å². The van der Waals surface area contributed by atoms with Gasteiger partial charge in [-0.15, -0.1) is 0 Å². The highest BCUT2D eigenvalue weighted by atomic mass is 19.1. The normalized spacial score (nSPS) is 20.8. The number of ether oxygens (including phenoxy) is 1. The zero-order valence-corrected chi connectivity index (χ0v) is 19.6. The maximum absolute atomic E-state index is 14.5. The molecule has 1 aromatic carbocycles. The molecule has 1 aliphatic heterocycles. The molecule has 7 nitrogen and oxygen atoms in total. The summed E-state index contributed by atoms with van der Waals surface area (Å²) in [5, 5.41) is 14.0. The molecule has 2 aliphatic carbocycles. The number of aryl methyl sites for hydroxylation is 1. The van der Waals surface area contributed by atoms with Crippen molar-refractivity contribution >= 4 is 5.82 Å². The number of pyridine rings is 1. The molecule has 35 heavy (non-hydrogen) atoms. The third-order valence-corrected chi connectivity index (χ3v) is 7.88. The van der Waals surface area contributed by atoms with Crippen LogP contribution in [-0.2, 0) is 12.0 Å². The Hall–Kier alpha value is -3.81. The summed E-state index contributed by atoms with van der Waals surface area (Å²) in [5.74, 6) is 0.537. The second-order valence-corrected chi connectivity index (χ2v) is 9.90. The highest BCUT2D eigenvalue weighted by Crippen LogP contribution is 2.64. The quantitative estimate of drug-likeness (QED) is 0.415. The average molecular weight is 469 g/mol. The Morgan fingerprint density at radius 1 is 1.20 bits per heavy atom. The van der Waals surface area contributed by atoms with Crippen molar-refractivity contribution in [3.63, 3.8) is 0 Å². The Morgan fingerprint density at radius 3 is 2.86 bits per heavy atom. The third-order valence-electron chi connectivity index (χ3n) is 7.88. The van der Waals surface area contributed by atoms with Crippen LogP contribution in [0.5, 0.6) is 5.75 Å². The van der Waals surface area contributed by atoms with Crippen LogP contribution < -0.4 is 10.5 Å². The first-order valence-electron chi connectivity index (χ1n) is 12.1. The number of nitrogen functional groups attached to an aromatic ring is 1. The largest absolute Gasteiger partial charge is 0.482 e. The van der Waals surface area contributed by atoms with Crippen molar-refractivity contribution in [2.45, 2.75) is 57.1 Å². The van der Waals surface area contributed by atoms with Gasteiger partial charge in [0, 0.05) is 52.5 Å². The molecule has 0 unspecified atom stereocenters. The van der Waals surface area contributed by atoms with Crippen LogP contribution in [0.2, 0.25) is 0 Å². The topological polar surface area (TPSA) is 91.7 Å². The lowest BCUT2D eigenvalue weighted by Crippen LogP contribution is -2.13. The Morgan fingerprint density at radius 2 is 2.06 bits per heavy atom. The van der Waals surface area contributed by atoms with Crippen LogP contribution in [0.15, 0.2) is 42.7 Å². The molecule has 8 heteroatoms. The first-order valence-corrected chi connectivity index (χ1v) is 12.1. The molecule has 1 fully saturated rings. The second kappa shape index (κ2) is 7.10. The number of anilines is 1. The van der Waals surface area contributed by atoms with Crippen molar-refractivity contribution in [1.29, 1.82) is 0 Å². The standard InChI is InChI=1S/C27H25FN6O/c1-3-34-24-15-10-21(26(29)30-13-15)35-14(2)19-11-16(28)4-5-17(19)23-18(6-9-31-32-23)20-12-27(7-8-27)25(33-34)22(20)24/h4-6,9-11,13-14,20H,3,7-8,12H2,1-2H3,(H2,29,30)/t14-,20-/m1/s1. The summed E-state index contributed by atoms with van der Waals surface area (Å²) >= 11 is 0. The molecular formula is C27H25FN6O. The molecule has 1 spiro atoms. The summed E-state index contributed by atoms with van der Waals surface area (Å²) in [6.45, 7) is 4.74. The first-order chi connectivity index (χ1) is 17.0. The number of hydrogen-bond acceptors (Lipinski definition) is 6. The van der Waals surface area contributed by atoms with Crippen LogP contribution in [0.3, 0.4) is 0 Å². The highest BCUT2D eigenvalue weighted by Gasteiger charge is 2.56. The van der Waals surface area contributed by atoms with Crippen LogP contribution in [0.4, 0.5) is 10.2 Å². The van der Waals surface area contributed by atoms with E-state index in [4.69, 9.17) is 15.6 Å². The van der Waals surface area contributed by atoms with Crippen molar-refractivity contribution < 1.29 is 9.13 Å². The lowest BCUT2D eigenvalue weighted by molar-refractivity contribution is 0.227. The van der Waals surface area contributed by atoms with E-state index in [1.54, 1.807) is 18.5 Å². The fraction of sp³-hybridized carbons (Fsp3) is 0.333. The van der Waals surface area contributed by atoms with Crippen molar-refractivity contribution in [3.05, 3.63) is 70.9 Å². The van der Waals surface area contributed by atoms with Crippen molar-refractivity contribution in [3.8, 4) is 28.3 Å². The van der Waals surface area contributed by atoms with Crippen molar-refractivity contribution in [2.75, 3.05) is 5.73 Å². The SMILES string of the molecule is CCn1nc2c3c1-c1cnc(N)c(c1)O[C@H](C)c1cc(F)ccc1-c1nnccc1[C@H]3CC21CC1. The van der Waals surface area contributed by atoms with E-state index in [1.807, 2.05) is 13.0 Å². The average Bonchev–Trinajstić information content (AvgIpc) is 3.44. The van der Waals surface area contributed by atoms with E-state index >= 15 is 0 Å². The summed E-state index contributed by atoms with van der Waals surface area (Å²) < 4.78 is 22.9. The summed E-state index contributed by atoms with van der Waals surface area (Å²) in [7, 11) is 0. The van der Waals surface area contributed by atoms with E-state index in [0.717, 1.165) is 53.9 Å². The monoisotopic (exact) mass is 468 g/mol. The Balaban J connectivity index is 1.59. The Bertz CT molecular complexity index is 1510. The van der Waals surface area contributed by atoms with Gasteiger partial charge in [-0.3, -0.25) is 4.68 Å². The molecule has 0 radical (unpaired) electrons. The lowest BCUT2D eigenvalue weighted by Gasteiger charge is -2.24. The van der Waals surface area contributed by atoms with Gasteiger partial charge in [-0.05, 0) is 69.0 Å². The number of nitrogens with zero attached hydrogens (tertiary/aromatic N) is 5. The number of nitrogens with two attached hydrogens (primary N) is 1. The van der Waals surface area contributed by atoms with E-state index in [0.29, 0.717) is 17.1 Å². The van der Waals surface area contributed by atoms with Crippen LogP contribution in [-0.4, -0.2) is 25.0 Å². The van der Waals surface area contributed by atoms with Gasteiger partial charge in [-0.1, -0.05) is 0 Å². The summed E-state index contributed by atoms with van der Waals surface area (Å²) in [6.07, 6.45) is 6.32. The number of aromatic nitrogens is 5. The number of hydrogen-bond donors (Lipinski definition) is 1. The highest BCUT2D eigenvalue weighted by molar-refractivity contribution is 5.75. The minimum absolute atomic E-state index is 0.0999. The van der Waals surface area contributed by atoms with Crippen LogP contribution in [0.25, 0.3) is 22.5 Å². The van der Waals surface area contributed by atoms with E-state index in [1.165, 1.54) is 23.4 Å². The smallest absolute Gasteiger partial charge is 0.166 e. The molecule has 3 aromatic heterocycles. The van der Waals surface area contributed by atoms with Gasteiger partial charge in [0.05, 0.1) is 17.1 Å². The lowest BCUT2D eigenvalue weighted by atomic mass is 9.86.